The van der Waals surface area contributed by atoms with Gasteiger partial charge in [0.05, 0.1) is 5.92 Å². The van der Waals surface area contributed by atoms with E-state index in [0.29, 0.717) is 12.4 Å². The lowest BCUT2D eigenvalue weighted by atomic mass is 9.94. The Kier molecular flexibility index (Phi) is 4.08. The highest BCUT2D eigenvalue weighted by Gasteiger charge is 2.35. The van der Waals surface area contributed by atoms with E-state index in [1.807, 2.05) is 17.9 Å². The first kappa shape index (κ1) is 15.4. The van der Waals surface area contributed by atoms with Crippen LogP contribution in [0.2, 0.25) is 0 Å². The van der Waals surface area contributed by atoms with Crippen molar-refractivity contribution in [1.82, 2.24) is 15.0 Å². The molecule has 1 aromatic carbocycles. The van der Waals surface area contributed by atoms with Gasteiger partial charge in [0.2, 0.25) is 11.8 Å². The van der Waals surface area contributed by atoms with E-state index in [1.54, 1.807) is 0 Å². The molecule has 2 heterocycles. The van der Waals surface area contributed by atoms with Crippen molar-refractivity contribution in [3.8, 4) is 0 Å². The van der Waals surface area contributed by atoms with Gasteiger partial charge >= 0.3 is 0 Å². The summed E-state index contributed by atoms with van der Waals surface area (Å²) < 4.78 is 5.24. The van der Waals surface area contributed by atoms with E-state index in [0.717, 1.165) is 44.5 Å². The van der Waals surface area contributed by atoms with E-state index >= 15 is 0 Å². The number of aryl methyl sites for hydroxylation is 2. The Morgan fingerprint density at radius 3 is 3.04 bits per heavy atom. The van der Waals surface area contributed by atoms with Crippen molar-refractivity contribution in [3.05, 3.63) is 47.1 Å². The SMILES string of the molecule is CCc1nc([C@H]2CCCN(C(=O)[C@@H]3CCc4ccccc43)C2)no1. The molecule has 1 aliphatic heterocycles. The molecule has 0 radical (unpaired) electrons. The van der Waals surface area contributed by atoms with Crippen LogP contribution in [0, 0.1) is 0 Å². The van der Waals surface area contributed by atoms with Gasteiger partial charge in [-0.1, -0.05) is 36.3 Å². The Bertz CT molecular complexity index is 740. The smallest absolute Gasteiger partial charge is 0.230 e. The molecule has 1 saturated heterocycles. The van der Waals surface area contributed by atoms with Crippen molar-refractivity contribution in [2.75, 3.05) is 13.1 Å². The molecule has 0 saturated carbocycles. The number of carbonyl (C=O) groups is 1. The maximum atomic E-state index is 13.1. The average molecular weight is 325 g/mol. The third-order valence-electron chi connectivity index (χ3n) is 5.32. The first-order chi connectivity index (χ1) is 11.8. The summed E-state index contributed by atoms with van der Waals surface area (Å²) in [5.74, 6) is 1.93. The first-order valence-corrected chi connectivity index (χ1v) is 8.95. The number of hydrogen-bond donors (Lipinski definition) is 0. The lowest BCUT2D eigenvalue weighted by Crippen LogP contribution is -2.41. The van der Waals surface area contributed by atoms with Gasteiger partial charge in [-0.3, -0.25) is 4.79 Å². The number of hydrogen-bond acceptors (Lipinski definition) is 4. The van der Waals surface area contributed by atoms with Crippen LogP contribution in [0.15, 0.2) is 28.8 Å². The van der Waals surface area contributed by atoms with Crippen LogP contribution in [0.1, 0.15) is 60.9 Å². The Labute approximate surface area is 142 Å². The lowest BCUT2D eigenvalue weighted by Gasteiger charge is -2.33. The van der Waals surface area contributed by atoms with Gasteiger partial charge in [0, 0.05) is 25.4 Å². The number of fused-ring (bicyclic) bond motifs is 1. The second kappa shape index (κ2) is 6.38. The number of benzene rings is 1. The average Bonchev–Trinajstić information content (AvgIpc) is 3.28. The first-order valence-electron chi connectivity index (χ1n) is 8.95. The maximum Gasteiger partial charge on any atom is 0.230 e. The van der Waals surface area contributed by atoms with E-state index in [9.17, 15) is 4.79 Å². The molecule has 1 aliphatic carbocycles. The van der Waals surface area contributed by atoms with E-state index in [-0.39, 0.29) is 17.7 Å². The molecule has 2 aromatic rings. The second-order valence-electron chi connectivity index (χ2n) is 6.81. The Morgan fingerprint density at radius 1 is 1.33 bits per heavy atom. The van der Waals surface area contributed by atoms with Crippen LogP contribution in [0.25, 0.3) is 0 Å². The standard InChI is InChI=1S/C19H23N3O2/c1-2-17-20-18(21-24-17)14-7-5-11-22(12-14)19(23)16-10-9-13-6-3-4-8-15(13)16/h3-4,6,8,14,16H,2,5,7,9-12H2,1H3/t14-,16+/m0/s1. The summed E-state index contributed by atoms with van der Waals surface area (Å²) in [4.78, 5) is 19.5. The van der Waals surface area contributed by atoms with Crippen LogP contribution in [0.3, 0.4) is 0 Å². The monoisotopic (exact) mass is 325 g/mol. The number of likely N-dealkylation sites (tertiary alicyclic amines) is 1. The van der Waals surface area contributed by atoms with Gasteiger partial charge in [-0.05, 0) is 36.8 Å². The molecular formula is C19H23N3O2. The number of rotatable bonds is 3. The zero-order valence-electron chi connectivity index (χ0n) is 14.1. The molecule has 1 aromatic heterocycles. The minimum absolute atomic E-state index is 0.0245. The van der Waals surface area contributed by atoms with Gasteiger partial charge in [-0.15, -0.1) is 0 Å². The number of piperidine rings is 1. The molecule has 1 amide bonds. The van der Waals surface area contributed by atoms with Crippen molar-refractivity contribution >= 4 is 5.91 Å². The second-order valence-corrected chi connectivity index (χ2v) is 6.81. The van der Waals surface area contributed by atoms with Crippen molar-refractivity contribution < 1.29 is 9.32 Å². The van der Waals surface area contributed by atoms with Crippen molar-refractivity contribution in [2.45, 2.75) is 50.9 Å². The topological polar surface area (TPSA) is 59.2 Å². The Morgan fingerprint density at radius 2 is 2.21 bits per heavy atom. The number of amides is 1. The van der Waals surface area contributed by atoms with Crippen LogP contribution >= 0.6 is 0 Å². The van der Waals surface area contributed by atoms with Gasteiger partial charge in [0.15, 0.2) is 5.82 Å². The van der Waals surface area contributed by atoms with E-state index < -0.39 is 0 Å². The normalized spacial score (nSPS) is 23.3. The zero-order valence-corrected chi connectivity index (χ0v) is 14.1. The highest BCUT2D eigenvalue weighted by molar-refractivity contribution is 5.85. The molecule has 4 rings (SSSR count). The third-order valence-corrected chi connectivity index (χ3v) is 5.32. The molecule has 1 fully saturated rings. The van der Waals surface area contributed by atoms with E-state index in [1.165, 1.54) is 11.1 Å². The minimum atomic E-state index is 0.0245. The molecular weight excluding hydrogens is 302 g/mol. The van der Waals surface area contributed by atoms with E-state index in [2.05, 4.69) is 28.3 Å². The van der Waals surface area contributed by atoms with Gasteiger partial charge < -0.3 is 9.42 Å². The summed E-state index contributed by atoms with van der Waals surface area (Å²) >= 11 is 0. The molecule has 126 valence electrons. The van der Waals surface area contributed by atoms with Crippen molar-refractivity contribution in [1.29, 1.82) is 0 Å². The Hall–Kier alpha value is -2.17. The molecule has 0 spiro atoms. The molecule has 0 bridgehead atoms. The number of carbonyl (C=O) groups excluding carboxylic acids is 1. The summed E-state index contributed by atoms with van der Waals surface area (Å²) in [6.45, 7) is 3.55. The molecule has 24 heavy (non-hydrogen) atoms. The fourth-order valence-corrected chi connectivity index (χ4v) is 4.00. The highest BCUT2D eigenvalue weighted by Crippen LogP contribution is 2.36. The largest absolute Gasteiger partial charge is 0.341 e. The number of aromatic nitrogens is 2. The summed E-state index contributed by atoms with van der Waals surface area (Å²) in [6, 6.07) is 8.35. The van der Waals surface area contributed by atoms with Gasteiger partial charge in [0.25, 0.3) is 0 Å². The summed E-state index contributed by atoms with van der Waals surface area (Å²) in [5.41, 5.74) is 2.55. The van der Waals surface area contributed by atoms with Crippen LogP contribution in [-0.4, -0.2) is 34.0 Å². The fourth-order valence-electron chi connectivity index (χ4n) is 4.00. The molecule has 5 heteroatoms. The maximum absolute atomic E-state index is 13.1. The third kappa shape index (κ3) is 2.72. The molecule has 2 atom stereocenters. The van der Waals surface area contributed by atoms with Crippen LogP contribution in [-0.2, 0) is 17.6 Å². The quantitative estimate of drug-likeness (QED) is 0.870. The minimum Gasteiger partial charge on any atom is -0.341 e. The van der Waals surface area contributed by atoms with Gasteiger partial charge in [-0.25, -0.2) is 0 Å². The van der Waals surface area contributed by atoms with Crippen molar-refractivity contribution in [2.24, 2.45) is 0 Å². The van der Waals surface area contributed by atoms with Crippen LogP contribution < -0.4 is 0 Å². The number of nitrogens with zero attached hydrogens (tertiary/aromatic N) is 3. The molecule has 0 unspecified atom stereocenters. The van der Waals surface area contributed by atoms with Crippen molar-refractivity contribution in [3.63, 3.8) is 0 Å². The predicted octanol–water partition coefficient (Wildman–Crippen LogP) is 3.07. The Balaban J connectivity index is 1.49. The summed E-state index contributed by atoms with van der Waals surface area (Å²) in [6.07, 6.45) is 4.71. The highest BCUT2D eigenvalue weighted by atomic mass is 16.5. The predicted molar refractivity (Wildman–Crippen MR) is 89.7 cm³/mol. The summed E-state index contributed by atoms with van der Waals surface area (Å²) in [7, 11) is 0. The molecule has 5 nitrogen and oxygen atoms in total. The molecule has 2 aliphatic rings. The van der Waals surface area contributed by atoms with Gasteiger partial charge in [0.1, 0.15) is 0 Å². The fraction of sp³-hybridized carbons (Fsp3) is 0.526. The molecule has 0 N–H and O–H groups in total. The van der Waals surface area contributed by atoms with Crippen LogP contribution in [0.4, 0.5) is 0 Å². The van der Waals surface area contributed by atoms with E-state index in [4.69, 9.17) is 4.52 Å². The van der Waals surface area contributed by atoms with Crippen LogP contribution in [0.5, 0.6) is 0 Å². The summed E-state index contributed by atoms with van der Waals surface area (Å²) in [5, 5.41) is 4.11. The zero-order chi connectivity index (χ0) is 16.5. The lowest BCUT2D eigenvalue weighted by molar-refractivity contribution is -0.134. The van der Waals surface area contributed by atoms with Gasteiger partial charge in [-0.2, -0.15) is 4.98 Å².